The van der Waals surface area contributed by atoms with Crippen molar-refractivity contribution in [3.8, 4) is 11.4 Å². The Morgan fingerprint density at radius 2 is 2.00 bits per heavy atom. The largest absolute Gasteiger partial charge is 0.494 e. The Kier molecular flexibility index (Phi) is 6.71. The molecule has 0 fully saturated rings. The Hall–Kier alpha value is -3.30. The van der Waals surface area contributed by atoms with Crippen LogP contribution in [0.5, 0.6) is 5.75 Å². The minimum Gasteiger partial charge on any atom is -0.494 e. The number of amides is 1. The van der Waals surface area contributed by atoms with Crippen LogP contribution in [0.2, 0.25) is 5.02 Å². The second kappa shape index (κ2) is 9.68. The Bertz CT molecular complexity index is 1380. The summed E-state index contributed by atoms with van der Waals surface area (Å²) in [7, 11) is 0. The molecule has 33 heavy (non-hydrogen) atoms. The first kappa shape index (κ1) is 22.9. The molecular weight excluding hydrogens is 460 g/mol. The van der Waals surface area contributed by atoms with Gasteiger partial charge in [0.2, 0.25) is 5.91 Å². The van der Waals surface area contributed by atoms with Gasteiger partial charge in [-0.05, 0) is 68.8 Å². The molecule has 3 N–H and O–H groups in total. The lowest BCUT2D eigenvalue weighted by molar-refractivity contribution is -0.113. The predicted octanol–water partition coefficient (Wildman–Crippen LogP) is 4.63. The molecule has 4 aromatic rings. The molecule has 4 rings (SSSR count). The summed E-state index contributed by atoms with van der Waals surface area (Å²) >= 11 is 7.44. The van der Waals surface area contributed by atoms with Gasteiger partial charge in [-0.3, -0.25) is 19.9 Å². The number of aromatic amines is 1. The summed E-state index contributed by atoms with van der Waals surface area (Å²) in [5.41, 5.74) is 3.74. The van der Waals surface area contributed by atoms with Crippen LogP contribution < -0.4 is 15.5 Å². The number of H-pyrrole nitrogens is 1. The molecule has 0 atom stereocenters. The Morgan fingerprint density at radius 3 is 2.70 bits per heavy atom. The summed E-state index contributed by atoms with van der Waals surface area (Å²) in [5.74, 6) is 0.676. The standard InChI is InChI=1S/C23H23ClN6O2S/c1-4-32-17-8-5-15(6-9-17)26-19(31)12-33-23-27-22-20(14(3)28-29-22)21(25)30(23)16-7-10-18(24)13(2)11-16/h5-11,25H,4,12H2,1-3H3,(H,26,31)(H,28,29). The number of aryl methyl sites for hydroxylation is 2. The van der Waals surface area contributed by atoms with Crippen molar-refractivity contribution in [1.82, 2.24) is 19.7 Å². The topological polar surface area (TPSA) is 109 Å². The van der Waals surface area contributed by atoms with Crippen molar-refractivity contribution in [3.63, 3.8) is 0 Å². The fourth-order valence-corrected chi connectivity index (χ4v) is 4.29. The predicted molar refractivity (Wildman–Crippen MR) is 131 cm³/mol. The van der Waals surface area contributed by atoms with Gasteiger partial charge < -0.3 is 10.1 Å². The first-order chi connectivity index (χ1) is 15.9. The van der Waals surface area contributed by atoms with Gasteiger partial charge in [0, 0.05) is 22.1 Å². The van der Waals surface area contributed by atoms with Gasteiger partial charge in [-0.15, -0.1) is 0 Å². The highest BCUT2D eigenvalue weighted by molar-refractivity contribution is 7.99. The van der Waals surface area contributed by atoms with Gasteiger partial charge in [-0.2, -0.15) is 5.10 Å². The van der Waals surface area contributed by atoms with E-state index in [-0.39, 0.29) is 17.1 Å². The first-order valence-electron chi connectivity index (χ1n) is 10.3. The van der Waals surface area contributed by atoms with E-state index in [0.717, 1.165) is 22.7 Å². The highest BCUT2D eigenvalue weighted by atomic mass is 35.5. The zero-order chi connectivity index (χ0) is 23.5. The number of carbonyl (C=O) groups is 1. The number of nitrogens with one attached hydrogen (secondary N) is 3. The first-order valence-corrected chi connectivity index (χ1v) is 11.7. The lowest BCUT2D eigenvalue weighted by Crippen LogP contribution is -2.23. The van der Waals surface area contributed by atoms with Crippen LogP contribution in [0.1, 0.15) is 18.2 Å². The number of nitrogens with zero attached hydrogens (tertiary/aromatic N) is 3. The molecule has 10 heteroatoms. The van der Waals surface area contributed by atoms with E-state index in [4.69, 9.17) is 21.7 Å². The third-order valence-corrected chi connectivity index (χ3v) is 6.33. The Balaban J connectivity index is 1.62. The van der Waals surface area contributed by atoms with Gasteiger partial charge in [0.1, 0.15) is 11.2 Å². The second-order valence-corrected chi connectivity index (χ2v) is 8.70. The van der Waals surface area contributed by atoms with Gasteiger partial charge in [0.05, 0.1) is 17.7 Å². The number of fused-ring (bicyclic) bond motifs is 1. The summed E-state index contributed by atoms with van der Waals surface area (Å²) in [4.78, 5) is 17.2. The van der Waals surface area contributed by atoms with Crippen LogP contribution in [-0.4, -0.2) is 38.0 Å². The lowest BCUT2D eigenvalue weighted by Gasteiger charge is -2.14. The maximum absolute atomic E-state index is 12.6. The molecule has 0 unspecified atom stereocenters. The molecule has 0 aliphatic rings. The number of halogens is 1. The van der Waals surface area contributed by atoms with Crippen LogP contribution in [-0.2, 0) is 4.79 Å². The molecular formula is C23H23ClN6O2S. The third-order valence-electron chi connectivity index (χ3n) is 4.96. The maximum atomic E-state index is 12.6. The lowest BCUT2D eigenvalue weighted by atomic mass is 10.2. The number of carbonyl (C=O) groups excluding carboxylic acids is 1. The van der Waals surface area contributed by atoms with E-state index in [1.54, 1.807) is 22.8 Å². The van der Waals surface area contributed by atoms with Gasteiger partial charge in [-0.1, -0.05) is 23.4 Å². The van der Waals surface area contributed by atoms with Crippen LogP contribution in [0.4, 0.5) is 5.69 Å². The van der Waals surface area contributed by atoms with E-state index in [0.29, 0.717) is 33.5 Å². The fourth-order valence-electron chi connectivity index (χ4n) is 3.36. The van der Waals surface area contributed by atoms with E-state index in [2.05, 4.69) is 20.5 Å². The minimum atomic E-state index is -0.186. The molecule has 0 radical (unpaired) electrons. The van der Waals surface area contributed by atoms with Crippen molar-refractivity contribution in [2.24, 2.45) is 0 Å². The highest BCUT2D eigenvalue weighted by Gasteiger charge is 2.17. The summed E-state index contributed by atoms with van der Waals surface area (Å²) in [5, 5.41) is 20.6. The monoisotopic (exact) mass is 482 g/mol. The van der Waals surface area contributed by atoms with E-state index >= 15 is 0 Å². The van der Waals surface area contributed by atoms with Crippen molar-refractivity contribution in [1.29, 1.82) is 5.41 Å². The molecule has 2 heterocycles. The number of hydrogen-bond acceptors (Lipinski definition) is 6. The quantitative estimate of drug-likeness (QED) is 0.263. The van der Waals surface area contributed by atoms with Gasteiger partial charge in [0.15, 0.2) is 10.8 Å². The van der Waals surface area contributed by atoms with Crippen LogP contribution in [0.3, 0.4) is 0 Å². The van der Waals surface area contributed by atoms with Crippen LogP contribution in [0, 0.1) is 19.3 Å². The van der Waals surface area contributed by atoms with Gasteiger partial charge in [-0.25, -0.2) is 4.98 Å². The third kappa shape index (κ3) is 4.89. The molecule has 1 amide bonds. The average molecular weight is 483 g/mol. The summed E-state index contributed by atoms with van der Waals surface area (Å²) in [6, 6.07) is 12.7. The van der Waals surface area contributed by atoms with Crippen molar-refractivity contribution >= 4 is 46.0 Å². The second-order valence-electron chi connectivity index (χ2n) is 7.35. The number of benzene rings is 2. The Labute approximate surface area is 199 Å². The van der Waals surface area contributed by atoms with Gasteiger partial charge >= 0.3 is 0 Å². The molecule has 0 spiro atoms. The molecule has 0 aliphatic carbocycles. The van der Waals surface area contributed by atoms with Crippen LogP contribution in [0.15, 0.2) is 47.6 Å². The van der Waals surface area contributed by atoms with Gasteiger partial charge in [0.25, 0.3) is 0 Å². The minimum absolute atomic E-state index is 0.112. The van der Waals surface area contributed by atoms with E-state index in [1.165, 1.54) is 11.8 Å². The molecule has 8 nitrogen and oxygen atoms in total. The number of ether oxygens (including phenoxy) is 1. The molecule has 0 saturated heterocycles. The fraction of sp³-hybridized carbons (Fsp3) is 0.217. The highest BCUT2D eigenvalue weighted by Crippen LogP contribution is 2.25. The maximum Gasteiger partial charge on any atom is 0.234 e. The average Bonchev–Trinajstić information content (AvgIpc) is 3.17. The normalized spacial score (nSPS) is 11.0. The van der Waals surface area contributed by atoms with Crippen LogP contribution >= 0.6 is 23.4 Å². The van der Waals surface area contributed by atoms with Crippen molar-refractivity contribution in [2.45, 2.75) is 25.9 Å². The molecule has 0 saturated carbocycles. The molecule has 2 aromatic carbocycles. The van der Waals surface area contributed by atoms with Crippen molar-refractivity contribution in [3.05, 3.63) is 64.2 Å². The number of aromatic nitrogens is 4. The number of thioether (sulfide) groups is 1. The number of rotatable bonds is 7. The molecule has 0 aliphatic heterocycles. The number of hydrogen-bond donors (Lipinski definition) is 3. The van der Waals surface area contributed by atoms with E-state index < -0.39 is 0 Å². The zero-order valence-corrected chi connectivity index (χ0v) is 20.0. The Morgan fingerprint density at radius 1 is 1.24 bits per heavy atom. The smallest absolute Gasteiger partial charge is 0.234 e. The van der Waals surface area contributed by atoms with Crippen LogP contribution in [0.25, 0.3) is 16.7 Å². The van der Waals surface area contributed by atoms with E-state index in [1.807, 2.05) is 45.0 Å². The molecule has 170 valence electrons. The van der Waals surface area contributed by atoms with Crippen molar-refractivity contribution in [2.75, 3.05) is 17.7 Å². The van der Waals surface area contributed by atoms with Crippen molar-refractivity contribution < 1.29 is 9.53 Å². The SMILES string of the molecule is CCOc1ccc(NC(=O)CSc2nc3n[nH]c(C)c3c(=N)n2-c2ccc(Cl)c(C)c2)cc1. The van der Waals surface area contributed by atoms with E-state index in [9.17, 15) is 4.79 Å². The molecule has 2 aromatic heterocycles. The number of anilines is 1. The summed E-state index contributed by atoms with van der Waals surface area (Å²) < 4.78 is 7.14. The zero-order valence-electron chi connectivity index (χ0n) is 18.4. The summed E-state index contributed by atoms with van der Waals surface area (Å²) in [6.45, 7) is 6.26. The molecule has 0 bridgehead atoms. The summed E-state index contributed by atoms with van der Waals surface area (Å²) in [6.07, 6.45) is 0.